The number of hydrogen-bond acceptors (Lipinski definition) is 2. The molecule has 1 aliphatic heterocycles. The summed E-state index contributed by atoms with van der Waals surface area (Å²) in [4.78, 5) is 28.9. The molecule has 2 aromatic carbocycles. The van der Waals surface area contributed by atoms with E-state index >= 15 is 0 Å². The van der Waals surface area contributed by atoms with E-state index in [9.17, 15) is 9.59 Å². The molecule has 0 aromatic heterocycles. The van der Waals surface area contributed by atoms with Crippen LogP contribution in [-0.4, -0.2) is 47.8 Å². The smallest absolute Gasteiger partial charge is 0.255 e. The van der Waals surface area contributed by atoms with Crippen molar-refractivity contribution >= 4 is 46.0 Å². The molecule has 2 aromatic rings. The first-order valence-corrected chi connectivity index (χ1v) is 9.51. The Bertz CT molecular complexity index is 800. The zero-order valence-corrected chi connectivity index (χ0v) is 16.8. The van der Waals surface area contributed by atoms with Crippen molar-refractivity contribution < 1.29 is 9.59 Å². The topological polar surface area (TPSA) is 40.6 Å². The third-order valence-electron chi connectivity index (χ3n) is 4.31. The van der Waals surface area contributed by atoms with Gasteiger partial charge in [-0.1, -0.05) is 29.3 Å². The zero-order valence-electron chi connectivity index (χ0n) is 13.8. The van der Waals surface area contributed by atoms with E-state index in [0.717, 1.165) is 9.13 Å². The summed E-state index contributed by atoms with van der Waals surface area (Å²) in [5.41, 5.74) is 2.43. The number of benzene rings is 2. The molecule has 0 aliphatic carbocycles. The highest BCUT2D eigenvalue weighted by atomic mass is 127. The van der Waals surface area contributed by atoms with Gasteiger partial charge in [-0.3, -0.25) is 9.59 Å². The van der Waals surface area contributed by atoms with Crippen molar-refractivity contribution in [2.24, 2.45) is 0 Å². The predicted octanol–water partition coefficient (Wildman–Crippen LogP) is 3.85. The quantitative estimate of drug-likeness (QED) is 0.628. The van der Waals surface area contributed by atoms with Crippen LogP contribution in [-0.2, 0) is 0 Å². The van der Waals surface area contributed by atoms with Crippen LogP contribution in [0.4, 0.5) is 0 Å². The summed E-state index contributed by atoms with van der Waals surface area (Å²) in [7, 11) is 0. The molecule has 3 rings (SSSR count). The van der Waals surface area contributed by atoms with Crippen LogP contribution in [0.15, 0.2) is 42.5 Å². The van der Waals surface area contributed by atoms with E-state index in [0.29, 0.717) is 42.3 Å². The number of halogens is 2. The van der Waals surface area contributed by atoms with Crippen molar-refractivity contribution in [2.45, 2.75) is 6.92 Å². The normalized spacial score (nSPS) is 14.5. The Morgan fingerprint density at radius 1 is 0.920 bits per heavy atom. The van der Waals surface area contributed by atoms with Crippen molar-refractivity contribution in [1.82, 2.24) is 9.80 Å². The van der Waals surface area contributed by atoms with Gasteiger partial charge in [0, 0.05) is 40.3 Å². The van der Waals surface area contributed by atoms with Gasteiger partial charge in [-0.15, -0.1) is 0 Å². The van der Waals surface area contributed by atoms with Crippen LogP contribution in [0.3, 0.4) is 0 Å². The lowest BCUT2D eigenvalue weighted by atomic mass is 10.1. The number of rotatable bonds is 2. The van der Waals surface area contributed by atoms with Gasteiger partial charge in [0.05, 0.1) is 5.56 Å². The molecule has 0 spiro atoms. The Morgan fingerprint density at radius 2 is 1.48 bits per heavy atom. The molecule has 0 radical (unpaired) electrons. The Kier molecular flexibility index (Phi) is 5.64. The second-order valence-corrected chi connectivity index (χ2v) is 7.67. The van der Waals surface area contributed by atoms with Crippen LogP contribution in [0.5, 0.6) is 0 Å². The number of aryl methyl sites for hydroxylation is 1. The van der Waals surface area contributed by atoms with Gasteiger partial charge < -0.3 is 9.80 Å². The molecule has 0 unspecified atom stereocenters. The largest absolute Gasteiger partial charge is 0.335 e. The molecule has 4 nitrogen and oxygen atoms in total. The lowest BCUT2D eigenvalue weighted by molar-refractivity contribution is 0.0535. The van der Waals surface area contributed by atoms with E-state index < -0.39 is 0 Å². The van der Waals surface area contributed by atoms with E-state index in [4.69, 9.17) is 11.6 Å². The number of hydrogen-bond donors (Lipinski definition) is 0. The molecule has 0 bridgehead atoms. The van der Waals surface area contributed by atoms with Gasteiger partial charge in [0.1, 0.15) is 0 Å². The fourth-order valence-corrected chi connectivity index (χ4v) is 3.56. The summed E-state index contributed by atoms with van der Waals surface area (Å²) >= 11 is 8.16. The number of carbonyl (C=O) groups excluding carboxylic acids is 2. The van der Waals surface area contributed by atoms with Gasteiger partial charge in [-0.25, -0.2) is 0 Å². The summed E-state index contributed by atoms with van der Waals surface area (Å²) in [5.74, 6) is -0.0150. The average molecular weight is 469 g/mol. The molecule has 6 heteroatoms. The van der Waals surface area contributed by atoms with Crippen LogP contribution in [0.25, 0.3) is 0 Å². The van der Waals surface area contributed by atoms with E-state index in [1.165, 1.54) is 0 Å². The monoisotopic (exact) mass is 468 g/mol. The van der Waals surface area contributed by atoms with Crippen molar-refractivity contribution in [1.29, 1.82) is 0 Å². The minimum absolute atomic E-state index is 0.0180. The molecule has 2 amide bonds. The third-order valence-corrected chi connectivity index (χ3v) is 5.49. The van der Waals surface area contributed by atoms with Gasteiger partial charge in [-0.2, -0.15) is 0 Å². The van der Waals surface area contributed by atoms with Gasteiger partial charge in [-0.05, 0) is 59.8 Å². The molecule has 25 heavy (non-hydrogen) atoms. The van der Waals surface area contributed by atoms with Gasteiger partial charge >= 0.3 is 0 Å². The fraction of sp³-hybridized carbons (Fsp3) is 0.263. The Hall–Kier alpha value is -1.60. The molecule has 0 N–H and O–H groups in total. The Balaban J connectivity index is 1.65. The molecular weight excluding hydrogens is 451 g/mol. The Morgan fingerprint density at radius 3 is 2.08 bits per heavy atom. The van der Waals surface area contributed by atoms with Crippen LogP contribution in [0.1, 0.15) is 26.3 Å². The molecule has 130 valence electrons. The summed E-state index contributed by atoms with van der Waals surface area (Å²) in [6.07, 6.45) is 0. The van der Waals surface area contributed by atoms with Gasteiger partial charge in [0.15, 0.2) is 0 Å². The second-order valence-electron chi connectivity index (χ2n) is 6.07. The molecule has 0 atom stereocenters. The van der Waals surface area contributed by atoms with Crippen LogP contribution in [0.2, 0.25) is 5.02 Å². The second kappa shape index (κ2) is 7.74. The third kappa shape index (κ3) is 4.15. The number of piperazine rings is 1. The minimum Gasteiger partial charge on any atom is -0.335 e. The fourth-order valence-electron chi connectivity index (χ4n) is 2.82. The summed E-state index contributed by atoms with van der Waals surface area (Å²) in [6.45, 7) is 4.12. The van der Waals surface area contributed by atoms with Crippen molar-refractivity contribution in [3.05, 3.63) is 67.7 Å². The van der Waals surface area contributed by atoms with Crippen molar-refractivity contribution in [2.75, 3.05) is 26.2 Å². The van der Waals surface area contributed by atoms with Gasteiger partial charge in [0.25, 0.3) is 11.8 Å². The first-order valence-electron chi connectivity index (χ1n) is 8.06. The highest BCUT2D eigenvalue weighted by Crippen LogP contribution is 2.20. The highest BCUT2D eigenvalue weighted by molar-refractivity contribution is 14.1. The Labute approximate surface area is 165 Å². The average Bonchev–Trinajstić information content (AvgIpc) is 2.63. The summed E-state index contributed by atoms with van der Waals surface area (Å²) < 4.78 is 0.880. The minimum atomic E-state index is -0.0330. The van der Waals surface area contributed by atoms with Gasteiger partial charge in [0.2, 0.25) is 0 Å². The van der Waals surface area contributed by atoms with E-state index in [1.54, 1.807) is 21.9 Å². The number of carbonyl (C=O) groups is 2. The first kappa shape index (κ1) is 18.2. The lowest BCUT2D eigenvalue weighted by Crippen LogP contribution is -2.50. The van der Waals surface area contributed by atoms with Crippen LogP contribution >= 0.6 is 34.2 Å². The molecular formula is C19H18ClIN2O2. The van der Waals surface area contributed by atoms with Crippen LogP contribution in [0, 0.1) is 10.5 Å². The SMILES string of the molecule is Cc1ccc(C(=O)N2CCN(C(=O)c3cc(Cl)ccc3I)CC2)cc1. The maximum atomic E-state index is 12.7. The lowest BCUT2D eigenvalue weighted by Gasteiger charge is -2.35. The summed E-state index contributed by atoms with van der Waals surface area (Å²) in [6, 6.07) is 12.9. The molecule has 1 heterocycles. The van der Waals surface area contributed by atoms with E-state index in [1.807, 2.05) is 37.3 Å². The maximum absolute atomic E-state index is 12.7. The first-order chi connectivity index (χ1) is 12.0. The number of amides is 2. The molecule has 1 saturated heterocycles. The zero-order chi connectivity index (χ0) is 18.0. The van der Waals surface area contributed by atoms with E-state index in [2.05, 4.69) is 22.6 Å². The maximum Gasteiger partial charge on any atom is 0.255 e. The standard InChI is InChI=1S/C19H18ClIN2O2/c1-13-2-4-14(5-3-13)18(24)22-8-10-23(11-9-22)19(25)16-12-15(20)6-7-17(16)21/h2-7,12H,8-11H2,1H3. The van der Waals surface area contributed by atoms with Crippen molar-refractivity contribution in [3.8, 4) is 0 Å². The molecule has 1 aliphatic rings. The number of nitrogens with zero attached hydrogens (tertiary/aromatic N) is 2. The summed E-state index contributed by atoms with van der Waals surface area (Å²) in [5, 5.41) is 0.553. The van der Waals surface area contributed by atoms with E-state index in [-0.39, 0.29) is 11.8 Å². The molecule has 1 fully saturated rings. The predicted molar refractivity (Wildman–Crippen MR) is 107 cm³/mol. The highest BCUT2D eigenvalue weighted by Gasteiger charge is 2.26. The van der Waals surface area contributed by atoms with Crippen LogP contribution < -0.4 is 0 Å². The molecule has 0 saturated carbocycles. The van der Waals surface area contributed by atoms with Crippen molar-refractivity contribution in [3.63, 3.8) is 0 Å².